The summed E-state index contributed by atoms with van der Waals surface area (Å²) >= 11 is 0. The van der Waals surface area contributed by atoms with Crippen LogP contribution in [0.4, 0.5) is 0 Å². The number of ether oxygens (including phenoxy) is 1. The monoisotopic (exact) mass is 287 g/mol. The van der Waals surface area contributed by atoms with Crippen molar-refractivity contribution in [1.29, 1.82) is 0 Å². The Hall–Kier alpha value is -2.14. The number of benzene rings is 1. The van der Waals surface area contributed by atoms with Crippen molar-refractivity contribution >= 4 is 0 Å². The van der Waals surface area contributed by atoms with Crippen molar-refractivity contribution in [3.05, 3.63) is 58.3 Å². The van der Waals surface area contributed by atoms with E-state index in [0.717, 1.165) is 18.0 Å². The third-order valence-electron chi connectivity index (χ3n) is 3.02. The second-order valence-corrected chi connectivity index (χ2v) is 5.06. The minimum absolute atomic E-state index is 0.0991. The van der Waals surface area contributed by atoms with Crippen molar-refractivity contribution in [2.75, 3.05) is 13.2 Å². The average Bonchev–Trinajstić information content (AvgIpc) is 2.45. The zero-order valence-electron chi connectivity index (χ0n) is 12.4. The summed E-state index contributed by atoms with van der Waals surface area (Å²) in [5.74, 6) is 1.58. The number of hydrogen-bond acceptors (Lipinski definition) is 4. The van der Waals surface area contributed by atoms with Crippen LogP contribution in [0.5, 0.6) is 5.75 Å². The molecule has 2 N–H and O–H groups in total. The van der Waals surface area contributed by atoms with E-state index in [1.165, 1.54) is 6.07 Å². The fraction of sp³-hybridized carbons (Fsp3) is 0.375. The van der Waals surface area contributed by atoms with Gasteiger partial charge in [-0.3, -0.25) is 4.79 Å². The molecule has 0 saturated heterocycles. The molecule has 1 heterocycles. The van der Waals surface area contributed by atoms with Gasteiger partial charge in [0.2, 0.25) is 0 Å². The Morgan fingerprint density at radius 3 is 2.81 bits per heavy atom. The Balaban J connectivity index is 1.71. The first-order chi connectivity index (χ1) is 10.1. The summed E-state index contributed by atoms with van der Waals surface area (Å²) in [4.78, 5) is 18.4. The summed E-state index contributed by atoms with van der Waals surface area (Å²) < 4.78 is 5.67. The van der Waals surface area contributed by atoms with Crippen LogP contribution < -0.4 is 15.6 Å². The first-order valence-electron chi connectivity index (χ1n) is 7.11. The number of H-pyrrole nitrogens is 1. The molecule has 0 spiro atoms. The SMILES string of the molecule is Cc1cc(=O)[nH]c(CCNC(C)COc2ccccc2)n1. The summed E-state index contributed by atoms with van der Waals surface area (Å²) in [6.45, 7) is 5.23. The van der Waals surface area contributed by atoms with E-state index in [1.807, 2.05) is 37.3 Å². The van der Waals surface area contributed by atoms with Gasteiger partial charge in [0.25, 0.3) is 5.56 Å². The Bertz CT molecular complexity index is 610. The van der Waals surface area contributed by atoms with Gasteiger partial charge in [-0.1, -0.05) is 18.2 Å². The van der Waals surface area contributed by atoms with Gasteiger partial charge < -0.3 is 15.0 Å². The lowest BCUT2D eigenvalue weighted by Crippen LogP contribution is -2.33. The van der Waals surface area contributed by atoms with Gasteiger partial charge in [-0.25, -0.2) is 4.98 Å². The van der Waals surface area contributed by atoms with Crippen LogP contribution in [0.15, 0.2) is 41.2 Å². The Labute approximate surface area is 124 Å². The molecule has 21 heavy (non-hydrogen) atoms. The van der Waals surface area contributed by atoms with E-state index in [4.69, 9.17) is 4.74 Å². The first-order valence-corrected chi connectivity index (χ1v) is 7.11. The van der Waals surface area contributed by atoms with Crippen LogP contribution in [0, 0.1) is 6.92 Å². The van der Waals surface area contributed by atoms with Crippen LogP contribution >= 0.6 is 0 Å². The van der Waals surface area contributed by atoms with Crippen molar-refractivity contribution in [3.63, 3.8) is 0 Å². The number of nitrogens with zero attached hydrogens (tertiary/aromatic N) is 1. The molecule has 0 aliphatic heterocycles. The number of para-hydroxylation sites is 1. The van der Waals surface area contributed by atoms with Crippen LogP contribution in [0.2, 0.25) is 0 Å². The largest absolute Gasteiger partial charge is 0.492 e. The summed E-state index contributed by atoms with van der Waals surface area (Å²) in [7, 11) is 0. The topological polar surface area (TPSA) is 67.0 Å². The molecular formula is C16H21N3O2. The van der Waals surface area contributed by atoms with E-state index in [-0.39, 0.29) is 11.6 Å². The van der Waals surface area contributed by atoms with Crippen LogP contribution in [-0.4, -0.2) is 29.2 Å². The predicted molar refractivity (Wildman–Crippen MR) is 82.7 cm³/mol. The molecule has 0 radical (unpaired) electrons. The number of hydrogen-bond donors (Lipinski definition) is 2. The molecule has 0 amide bonds. The fourth-order valence-corrected chi connectivity index (χ4v) is 1.99. The summed E-state index contributed by atoms with van der Waals surface area (Å²) in [6.07, 6.45) is 0.687. The molecule has 0 bridgehead atoms. The van der Waals surface area contributed by atoms with Crippen molar-refractivity contribution in [3.8, 4) is 5.75 Å². The summed E-state index contributed by atoms with van der Waals surface area (Å²) in [5, 5.41) is 3.35. The fourth-order valence-electron chi connectivity index (χ4n) is 1.99. The highest BCUT2D eigenvalue weighted by molar-refractivity contribution is 5.20. The first kappa shape index (κ1) is 15.3. The molecule has 1 unspecified atom stereocenters. The minimum Gasteiger partial charge on any atom is -0.492 e. The van der Waals surface area contributed by atoms with Gasteiger partial charge in [-0.05, 0) is 26.0 Å². The normalized spacial score (nSPS) is 12.1. The highest BCUT2D eigenvalue weighted by Crippen LogP contribution is 2.08. The van der Waals surface area contributed by atoms with Crippen molar-refractivity contribution in [2.45, 2.75) is 26.3 Å². The molecule has 0 saturated carbocycles. The number of aromatic amines is 1. The average molecular weight is 287 g/mol. The minimum atomic E-state index is -0.0991. The number of aryl methyl sites for hydroxylation is 1. The number of rotatable bonds is 7. The Morgan fingerprint density at radius 2 is 2.10 bits per heavy atom. The highest BCUT2D eigenvalue weighted by Gasteiger charge is 2.04. The van der Waals surface area contributed by atoms with Gasteiger partial charge in [0.1, 0.15) is 18.2 Å². The van der Waals surface area contributed by atoms with Crippen molar-refractivity contribution < 1.29 is 4.74 Å². The van der Waals surface area contributed by atoms with Gasteiger partial charge in [0, 0.05) is 30.8 Å². The van der Waals surface area contributed by atoms with Gasteiger partial charge in [0.15, 0.2) is 0 Å². The third kappa shape index (κ3) is 5.39. The molecule has 0 fully saturated rings. The highest BCUT2D eigenvalue weighted by atomic mass is 16.5. The second kappa shape index (κ2) is 7.59. The molecule has 1 aromatic carbocycles. The maximum Gasteiger partial charge on any atom is 0.251 e. The maximum absolute atomic E-state index is 11.3. The van der Waals surface area contributed by atoms with Crippen molar-refractivity contribution in [1.82, 2.24) is 15.3 Å². The van der Waals surface area contributed by atoms with Gasteiger partial charge in [0.05, 0.1) is 0 Å². The van der Waals surface area contributed by atoms with Crippen molar-refractivity contribution in [2.24, 2.45) is 0 Å². The quantitative estimate of drug-likeness (QED) is 0.813. The molecule has 112 valence electrons. The molecule has 0 aliphatic rings. The zero-order valence-corrected chi connectivity index (χ0v) is 12.4. The molecule has 1 aromatic heterocycles. The zero-order chi connectivity index (χ0) is 15.1. The molecular weight excluding hydrogens is 266 g/mol. The molecule has 1 atom stereocenters. The molecule has 5 nitrogen and oxygen atoms in total. The maximum atomic E-state index is 11.3. The van der Waals surface area contributed by atoms with E-state index in [1.54, 1.807) is 0 Å². The van der Waals surface area contributed by atoms with Crippen LogP contribution in [-0.2, 0) is 6.42 Å². The number of nitrogens with one attached hydrogen (secondary N) is 2. The predicted octanol–water partition coefficient (Wildman–Crippen LogP) is 1.68. The van der Waals surface area contributed by atoms with Crippen LogP contribution in [0.25, 0.3) is 0 Å². The lowest BCUT2D eigenvalue weighted by Gasteiger charge is -2.14. The van der Waals surface area contributed by atoms with E-state index < -0.39 is 0 Å². The van der Waals surface area contributed by atoms with Crippen LogP contribution in [0.1, 0.15) is 18.4 Å². The third-order valence-corrected chi connectivity index (χ3v) is 3.02. The standard InChI is InChI=1S/C16H21N3O2/c1-12-10-16(20)19-15(18-12)8-9-17-13(2)11-21-14-6-4-3-5-7-14/h3-7,10,13,17H,8-9,11H2,1-2H3,(H,18,19,20). The molecule has 2 aromatic rings. The van der Waals surface area contributed by atoms with Gasteiger partial charge in [-0.15, -0.1) is 0 Å². The smallest absolute Gasteiger partial charge is 0.251 e. The lowest BCUT2D eigenvalue weighted by molar-refractivity contribution is 0.274. The Morgan fingerprint density at radius 1 is 1.33 bits per heavy atom. The molecule has 0 aliphatic carbocycles. The van der Waals surface area contributed by atoms with Gasteiger partial charge in [-0.2, -0.15) is 0 Å². The number of aromatic nitrogens is 2. The molecule has 5 heteroatoms. The second-order valence-electron chi connectivity index (χ2n) is 5.06. The Kier molecular flexibility index (Phi) is 5.51. The van der Waals surface area contributed by atoms with E-state index in [2.05, 4.69) is 22.2 Å². The van der Waals surface area contributed by atoms with E-state index in [9.17, 15) is 4.79 Å². The molecule has 2 rings (SSSR count). The van der Waals surface area contributed by atoms with Crippen LogP contribution in [0.3, 0.4) is 0 Å². The van der Waals surface area contributed by atoms with E-state index in [0.29, 0.717) is 18.9 Å². The summed E-state index contributed by atoms with van der Waals surface area (Å²) in [5.41, 5.74) is 0.646. The lowest BCUT2D eigenvalue weighted by atomic mass is 10.3. The van der Waals surface area contributed by atoms with E-state index >= 15 is 0 Å². The summed E-state index contributed by atoms with van der Waals surface area (Å²) in [6, 6.07) is 11.5. The van der Waals surface area contributed by atoms with Gasteiger partial charge >= 0.3 is 0 Å².